The second-order valence-corrected chi connectivity index (χ2v) is 21.2. The van der Waals surface area contributed by atoms with Crippen molar-refractivity contribution in [3.8, 4) is 33.4 Å². The highest BCUT2D eigenvalue weighted by atomic mass is 16.3. The molecule has 0 fully saturated rings. The molecule has 2 aliphatic rings. The molecule has 3 nitrogen and oxygen atoms in total. The number of rotatable bonds is 3. The predicted molar refractivity (Wildman–Crippen MR) is 291 cm³/mol. The quantitative estimate of drug-likeness (QED) is 0.130. The number of aromatic nitrogens is 1. The van der Waals surface area contributed by atoms with Crippen molar-refractivity contribution in [1.29, 1.82) is 0 Å². The molecule has 2 aliphatic heterocycles. The molecule has 0 radical (unpaired) electrons. The van der Waals surface area contributed by atoms with Crippen molar-refractivity contribution in [3.05, 3.63) is 199 Å². The van der Waals surface area contributed by atoms with E-state index in [1.54, 1.807) is 0 Å². The molecule has 4 heterocycles. The second-order valence-electron chi connectivity index (χ2n) is 21.2. The third-order valence-corrected chi connectivity index (χ3v) is 15.2. The lowest BCUT2D eigenvalue weighted by Crippen LogP contribution is -2.56. The molecule has 0 atom stereocenters. The first-order valence-electron chi connectivity index (χ1n) is 24.1. The Morgan fingerprint density at radius 3 is 1.62 bits per heavy atom. The highest BCUT2D eigenvalue weighted by Gasteiger charge is 2.45. The van der Waals surface area contributed by atoms with Crippen LogP contribution in [-0.4, -0.2) is 11.3 Å². The molecule has 0 aliphatic carbocycles. The lowest BCUT2D eigenvalue weighted by Gasteiger charge is -2.41. The van der Waals surface area contributed by atoms with Gasteiger partial charge in [0, 0.05) is 60.8 Å². The van der Waals surface area contributed by atoms with E-state index in [4.69, 9.17) is 4.42 Å². The number of hydrogen-bond donors (Lipinski definition) is 0. The van der Waals surface area contributed by atoms with E-state index in [9.17, 15) is 0 Å². The van der Waals surface area contributed by atoms with Gasteiger partial charge in [-0.3, -0.25) is 0 Å². The summed E-state index contributed by atoms with van der Waals surface area (Å²) in [6.07, 6.45) is 0. The minimum Gasteiger partial charge on any atom is -0.455 e. The van der Waals surface area contributed by atoms with Crippen molar-refractivity contribution in [1.82, 2.24) is 4.48 Å². The molecule has 0 spiro atoms. The Balaban J connectivity index is 1.24. The van der Waals surface area contributed by atoms with Crippen LogP contribution in [0.25, 0.3) is 98.7 Å². The Bertz CT molecular complexity index is 4070. The fraction of sp³-hybridized carbons (Fsp3) is 0.125. The summed E-state index contributed by atoms with van der Waals surface area (Å²) in [5.74, 6) is 0. The monoisotopic (exact) mass is 872 g/mol. The molecule has 0 amide bonds. The maximum absolute atomic E-state index is 7.13. The molecule has 0 N–H and O–H groups in total. The van der Waals surface area contributed by atoms with Gasteiger partial charge >= 0.3 is 6.85 Å². The van der Waals surface area contributed by atoms with E-state index in [2.05, 4.69) is 239 Å². The van der Waals surface area contributed by atoms with Crippen LogP contribution in [0.5, 0.6) is 0 Å². The first-order chi connectivity index (χ1) is 33.0. The van der Waals surface area contributed by atoms with Gasteiger partial charge in [-0.2, -0.15) is 0 Å². The Hall–Kier alpha value is -7.82. The van der Waals surface area contributed by atoms with Crippen LogP contribution in [0.2, 0.25) is 0 Å². The second kappa shape index (κ2) is 13.9. The largest absolute Gasteiger partial charge is 0.455 e. The standard InChI is InChI=1S/C64H49BN2O/c1-63(2,3)40-32-41(64(4,5)6)34-42(33-40)66-54-36-50-49(57(38-20-9-7-10-21-38)45-26-13-14-27-46(45)58(50)39-22-11-8-12-23-39)35-52(54)65-60-55(66)37-51-44-25-16-18-31-56(44)68-62(51)59(60)48-29-19-28-47-43-24-15-17-30-53(43)67(65)61(47)48/h7-37H,1-6H3. The van der Waals surface area contributed by atoms with Gasteiger partial charge in [0.25, 0.3) is 0 Å². The number of para-hydroxylation sites is 3. The summed E-state index contributed by atoms with van der Waals surface area (Å²) in [6, 6.07) is 70.7. The van der Waals surface area contributed by atoms with Gasteiger partial charge in [0.2, 0.25) is 0 Å². The summed E-state index contributed by atoms with van der Waals surface area (Å²) in [5.41, 5.74) is 20.2. The van der Waals surface area contributed by atoms with E-state index in [0.29, 0.717) is 0 Å². The van der Waals surface area contributed by atoms with Crippen molar-refractivity contribution in [2.75, 3.05) is 4.90 Å². The van der Waals surface area contributed by atoms with Crippen LogP contribution in [-0.2, 0) is 10.8 Å². The lowest BCUT2D eigenvalue weighted by atomic mass is 9.44. The number of fused-ring (bicyclic) bond motifs is 13. The summed E-state index contributed by atoms with van der Waals surface area (Å²) in [7, 11) is 0. The van der Waals surface area contributed by atoms with Gasteiger partial charge in [0.15, 0.2) is 0 Å². The Kier molecular flexibility index (Phi) is 8.03. The summed E-state index contributed by atoms with van der Waals surface area (Å²) in [6.45, 7) is 13.9. The molecule has 12 aromatic rings. The Labute approximate surface area is 397 Å². The van der Waals surface area contributed by atoms with E-state index in [-0.39, 0.29) is 17.7 Å². The van der Waals surface area contributed by atoms with Crippen molar-refractivity contribution >= 4 is 100 Å². The molecule has 0 saturated heterocycles. The molecule has 14 rings (SSSR count). The van der Waals surface area contributed by atoms with Crippen LogP contribution in [0.1, 0.15) is 52.7 Å². The van der Waals surface area contributed by atoms with E-state index in [1.165, 1.54) is 116 Å². The van der Waals surface area contributed by atoms with Crippen molar-refractivity contribution in [3.63, 3.8) is 0 Å². The third kappa shape index (κ3) is 5.43. The normalized spacial score (nSPS) is 13.4. The third-order valence-electron chi connectivity index (χ3n) is 15.2. The Morgan fingerprint density at radius 1 is 0.426 bits per heavy atom. The molecule has 10 aromatic carbocycles. The maximum Gasteiger partial charge on any atom is 0.333 e. The van der Waals surface area contributed by atoms with Crippen molar-refractivity contribution in [2.45, 2.75) is 52.4 Å². The van der Waals surface area contributed by atoms with Gasteiger partial charge in [-0.25, -0.2) is 0 Å². The molecule has 2 aromatic heterocycles. The van der Waals surface area contributed by atoms with E-state index < -0.39 is 0 Å². The van der Waals surface area contributed by atoms with Crippen molar-refractivity contribution < 1.29 is 4.42 Å². The van der Waals surface area contributed by atoms with Crippen LogP contribution in [0.3, 0.4) is 0 Å². The van der Waals surface area contributed by atoms with E-state index in [0.717, 1.165) is 21.9 Å². The molecule has 0 bridgehead atoms. The molecule has 68 heavy (non-hydrogen) atoms. The summed E-state index contributed by atoms with van der Waals surface area (Å²) in [5, 5.41) is 9.76. The Morgan fingerprint density at radius 2 is 0.971 bits per heavy atom. The zero-order valence-electron chi connectivity index (χ0n) is 39.3. The topological polar surface area (TPSA) is 21.3 Å². The fourth-order valence-corrected chi connectivity index (χ4v) is 12.0. The number of benzene rings is 10. The van der Waals surface area contributed by atoms with Gasteiger partial charge in [-0.05, 0) is 113 Å². The number of nitrogens with zero attached hydrogens (tertiary/aromatic N) is 2. The predicted octanol–water partition coefficient (Wildman–Crippen LogP) is 16.3. The van der Waals surface area contributed by atoms with Crippen LogP contribution in [0, 0.1) is 0 Å². The van der Waals surface area contributed by atoms with Gasteiger partial charge in [0.1, 0.15) is 11.2 Å². The summed E-state index contributed by atoms with van der Waals surface area (Å²) < 4.78 is 9.81. The summed E-state index contributed by atoms with van der Waals surface area (Å²) in [4.78, 5) is 2.64. The zero-order valence-corrected chi connectivity index (χ0v) is 39.3. The average Bonchev–Trinajstić information content (AvgIpc) is 3.90. The van der Waals surface area contributed by atoms with Crippen LogP contribution in [0.4, 0.5) is 17.1 Å². The minimum absolute atomic E-state index is 0.0940. The smallest absolute Gasteiger partial charge is 0.333 e. The highest BCUT2D eigenvalue weighted by molar-refractivity contribution is 6.90. The van der Waals surface area contributed by atoms with Gasteiger partial charge in [0.05, 0.1) is 0 Å². The molecule has 0 unspecified atom stereocenters. The number of anilines is 3. The first-order valence-corrected chi connectivity index (χ1v) is 24.1. The summed E-state index contributed by atoms with van der Waals surface area (Å²) >= 11 is 0. The molecule has 324 valence electrons. The van der Waals surface area contributed by atoms with Crippen molar-refractivity contribution in [2.24, 2.45) is 0 Å². The zero-order chi connectivity index (χ0) is 45.8. The van der Waals surface area contributed by atoms with Crippen LogP contribution in [0.15, 0.2) is 192 Å². The van der Waals surface area contributed by atoms with Gasteiger partial charge in [-0.15, -0.1) is 0 Å². The van der Waals surface area contributed by atoms with Crippen LogP contribution < -0.4 is 15.8 Å². The minimum atomic E-state index is -0.172. The fourth-order valence-electron chi connectivity index (χ4n) is 12.0. The van der Waals surface area contributed by atoms with Crippen LogP contribution >= 0.6 is 0 Å². The number of hydrogen-bond acceptors (Lipinski definition) is 2. The van der Waals surface area contributed by atoms with Gasteiger partial charge < -0.3 is 13.8 Å². The molecule has 4 heteroatoms. The van der Waals surface area contributed by atoms with E-state index >= 15 is 0 Å². The van der Waals surface area contributed by atoms with Gasteiger partial charge in [-0.1, -0.05) is 193 Å². The average molecular weight is 873 g/mol. The lowest BCUT2D eigenvalue weighted by molar-refractivity contribution is 0.569. The maximum atomic E-state index is 7.13. The first kappa shape index (κ1) is 39.4. The molecular formula is C64H49BN2O. The molecular weight excluding hydrogens is 824 g/mol. The highest BCUT2D eigenvalue weighted by Crippen LogP contribution is 2.52. The SMILES string of the molecule is CC(C)(C)c1cc(N2c3cc4c(-c5ccccc5)c5ccccc5c(-c5ccccc5)c4cc3B3c4c2cc2c(oc5ccccc52)c4-c2cccc4c5ccccc5n3c24)cc(C(C)(C)C)c1. The molecule has 0 saturated carbocycles. The number of furan rings is 1. The van der Waals surface area contributed by atoms with E-state index in [1.807, 2.05) is 0 Å².